The molecule has 0 atom stereocenters. The number of aromatic nitrogens is 2. The molecule has 1 aliphatic heterocycles. The van der Waals surface area contributed by atoms with Gasteiger partial charge in [-0.2, -0.15) is 0 Å². The molecular formula is C20H23N5O. The maximum absolute atomic E-state index is 12.5. The van der Waals surface area contributed by atoms with Crippen LogP contribution in [0.25, 0.3) is 5.65 Å². The molecule has 6 nitrogen and oxygen atoms in total. The molecule has 6 heteroatoms. The van der Waals surface area contributed by atoms with Crippen molar-refractivity contribution >= 4 is 22.9 Å². The first-order chi connectivity index (χ1) is 12.6. The number of hydrogen-bond donors (Lipinski definition) is 1. The lowest BCUT2D eigenvalue weighted by Gasteiger charge is -2.34. The Morgan fingerprint density at radius 2 is 1.81 bits per heavy atom. The van der Waals surface area contributed by atoms with Crippen molar-refractivity contribution in [3.05, 3.63) is 60.0 Å². The molecule has 1 aromatic carbocycles. The highest BCUT2D eigenvalue weighted by Crippen LogP contribution is 2.20. The smallest absolute Gasteiger partial charge is 0.275 e. The van der Waals surface area contributed by atoms with E-state index in [4.69, 9.17) is 0 Å². The van der Waals surface area contributed by atoms with E-state index in [1.165, 1.54) is 5.69 Å². The van der Waals surface area contributed by atoms with Crippen molar-refractivity contribution in [3.63, 3.8) is 0 Å². The lowest BCUT2D eigenvalue weighted by molar-refractivity contribution is 0.102. The summed E-state index contributed by atoms with van der Waals surface area (Å²) in [5, 5.41) is 2.93. The van der Waals surface area contributed by atoms with Gasteiger partial charge in [-0.05, 0) is 55.9 Å². The molecule has 1 fully saturated rings. The van der Waals surface area contributed by atoms with Crippen molar-refractivity contribution in [1.82, 2.24) is 14.3 Å². The molecule has 0 unspecified atom stereocenters. The molecule has 0 radical (unpaired) electrons. The van der Waals surface area contributed by atoms with Gasteiger partial charge in [0.2, 0.25) is 0 Å². The minimum Gasteiger partial charge on any atom is -0.369 e. The fourth-order valence-electron chi connectivity index (χ4n) is 3.21. The molecule has 0 aliphatic carbocycles. The summed E-state index contributed by atoms with van der Waals surface area (Å²) in [4.78, 5) is 21.6. The summed E-state index contributed by atoms with van der Waals surface area (Å²) in [7, 11) is 2.15. The normalized spacial score (nSPS) is 15.4. The summed E-state index contributed by atoms with van der Waals surface area (Å²) >= 11 is 0. The van der Waals surface area contributed by atoms with Gasteiger partial charge in [-0.1, -0.05) is 0 Å². The average Bonchev–Trinajstić information content (AvgIpc) is 3.06. The Kier molecular flexibility index (Phi) is 4.34. The second kappa shape index (κ2) is 6.80. The maximum Gasteiger partial charge on any atom is 0.275 e. The molecule has 1 amide bonds. The Balaban J connectivity index is 1.45. The molecule has 0 saturated carbocycles. The van der Waals surface area contributed by atoms with E-state index < -0.39 is 0 Å². The molecule has 3 heterocycles. The van der Waals surface area contributed by atoms with Crippen molar-refractivity contribution < 1.29 is 4.79 Å². The number of hydrogen-bond acceptors (Lipinski definition) is 4. The lowest BCUT2D eigenvalue weighted by atomic mass is 10.2. The number of amides is 1. The number of rotatable bonds is 3. The minimum absolute atomic E-state index is 0.196. The Morgan fingerprint density at radius 3 is 2.54 bits per heavy atom. The number of benzene rings is 1. The van der Waals surface area contributed by atoms with E-state index in [2.05, 4.69) is 39.3 Å². The average molecular weight is 349 g/mol. The van der Waals surface area contributed by atoms with Gasteiger partial charge >= 0.3 is 0 Å². The number of carbonyl (C=O) groups excluding carboxylic acids is 1. The number of piperazine rings is 1. The SMILES string of the molecule is Cc1ccn2cc(C(=O)Nc3ccc(N4CCN(C)CC4)cc3)nc2c1. The Bertz CT molecular complexity index is 923. The van der Waals surface area contributed by atoms with Crippen molar-refractivity contribution in [2.45, 2.75) is 6.92 Å². The number of nitrogens with one attached hydrogen (secondary N) is 1. The summed E-state index contributed by atoms with van der Waals surface area (Å²) in [5.41, 5.74) is 4.29. The number of imidazole rings is 1. The first-order valence-electron chi connectivity index (χ1n) is 8.89. The zero-order chi connectivity index (χ0) is 18.1. The molecule has 134 valence electrons. The van der Waals surface area contributed by atoms with E-state index in [9.17, 15) is 4.79 Å². The van der Waals surface area contributed by atoms with Gasteiger partial charge in [-0.25, -0.2) is 4.98 Å². The van der Waals surface area contributed by atoms with Gasteiger partial charge in [-0.3, -0.25) is 4.79 Å². The van der Waals surface area contributed by atoms with Crippen molar-refractivity contribution in [2.75, 3.05) is 43.4 Å². The van der Waals surface area contributed by atoms with Gasteiger partial charge in [0, 0.05) is 49.9 Å². The number of likely N-dealkylation sites (N-methyl/N-ethyl adjacent to an activating group) is 1. The first-order valence-corrected chi connectivity index (χ1v) is 8.89. The molecule has 3 aromatic rings. The van der Waals surface area contributed by atoms with Crippen LogP contribution in [0.5, 0.6) is 0 Å². The Labute approximate surface area is 153 Å². The molecule has 0 bridgehead atoms. The van der Waals surface area contributed by atoms with E-state index >= 15 is 0 Å². The number of carbonyl (C=O) groups is 1. The van der Waals surface area contributed by atoms with E-state index in [0.29, 0.717) is 5.69 Å². The van der Waals surface area contributed by atoms with Gasteiger partial charge in [0.25, 0.3) is 5.91 Å². The number of pyridine rings is 1. The number of aryl methyl sites for hydroxylation is 1. The van der Waals surface area contributed by atoms with Crippen molar-refractivity contribution in [1.29, 1.82) is 0 Å². The van der Waals surface area contributed by atoms with Gasteiger partial charge in [-0.15, -0.1) is 0 Å². The fraction of sp³-hybridized carbons (Fsp3) is 0.300. The predicted octanol–water partition coefficient (Wildman–Crippen LogP) is 2.65. The van der Waals surface area contributed by atoms with Crippen LogP contribution in [0.15, 0.2) is 48.8 Å². The monoisotopic (exact) mass is 349 g/mol. The van der Waals surface area contributed by atoms with Crippen LogP contribution in [0, 0.1) is 6.92 Å². The summed E-state index contributed by atoms with van der Waals surface area (Å²) < 4.78 is 1.86. The highest BCUT2D eigenvalue weighted by molar-refractivity contribution is 6.03. The quantitative estimate of drug-likeness (QED) is 0.790. The molecule has 1 saturated heterocycles. The van der Waals surface area contributed by atoms with Crippen LogP contribution in [0.3, 0.4) is 0 Å². The number of nitrogens with zero attached hydrogens (tertiary/aromatic N) is 4. The molecule has 26 heavy (non-hydrogen) atoms. The van der Waals surface area contributed by atoms with Crippen LogP contribution in [0.4, 0.5) is 11.4 Å². The third-order valence-electron chi connectivity index (χ3n) is 4.84. The van der Waals surface area contributed by atoms with Gasteiger partial charge in [0.15, 0.2) is 0 Å². The second-order valence-corrected chi connectivity index (χ2v) is 6.89. The maximum atomic E-state index is 12.5. The van der Waals surface area contributed by atoms with E-state index in [1.807, 2.05) is 41.8 Å². The Hall–Kier alpha value is -2.86. The largest absolute Gasteiger partial charge is 0.369 e. The van der Waals surface area contributed by atoms with E-state index in [1.54, 1.807) is 6.20 Å². The van der Waals surface area contributed by atoms with Crippen LogP contribution in [-0.4, -0.2) is 53.4 Å². The van der Waals surface area contributed by atoms with Crippen molar-refractivity contribution in [3.8, 4) is 0 Å². The standard InChI is InChI=1S/C20H23N5O/c1-15-7-8-25-14-18(22-19(25)13-15)20(26)21-16-3-5-17(6-4-16)24-11-9-23(2)10-12-24/h3-8,13-14H,9-12H2,1-2H3,(H,21,26). The minimum atomic E-state index is -0.196. The van der Waals surface area contributed by atoms with Crippen molar-refractivity contribution in [2.24, 2.45) is 0 Å². The highest BCUT2D eigenvalue weighted by Gasteiger charge is 2.15. The lowest BCUT2D eigenvalue weighted by Crippen LogP contribution is -2.44. The molecule has 1 N–H and O–H groups in total. The van der Waals surface area contributed by atoms with E-state index in [0.717, 1.165) is 43.1 Å². The van der Waals surface area contributed by atoms with Gasteiger partial charge in [0.1, 0.15) is 11.3 Å². The third-order valence-corrected chi connectivity index (χ3v) is 4.84. The zero-order valence-corrected chi connectivity index (χ0v) is 15.1. The molecule has 1 aliphatic rings. The zero-order valence-electron chi connectivity index (χ0n) is 15.1. The molecule has 0 spiro atoms. The van der Waals surface area contributed by atoms with Crippen LogP contribution < -0.4 is 10.2 Å². The van der Waals surface area contributed by atoms with E-state index in [-0.39, 0.29) is 5.91 Å². The molecular weight excluding hydrogens is 326 g/mol. The molecule has 4 rings (SSSR count). The topological polar surface area (TPSA) is 52.9 Å². The Morgan fingerprint density at radius 1 is 1.08 bits per heavy atom. The van der Waals surface area contributed by atoms with Crippen LogP contribution >= 0.6 is 0 Å². The van der Waals surface area contributed by atoms with Crippen LogP contribution in [0.1, 0.15) is 16.1 Å². The molecule has 2 aromatic heterocycles. The second-order valence-electron chi connectivity index (χ2n) is 6.89. The van der Waals surface area contributed by atoms with Crippen LogP contribution in [-0.2, 0) is 0 Å². The number of anilines is 2. The van der Waals surface area contributed by atoms with Crippen LogP contribution in [0.2, 0.25) is 0 Å². The summed E-state index contributed by atoms with van der Waals surface area (Å²) in [6, 6.07) is 12.0. The van der Waals surface area contributed by atoms with Gasteiger partial charge in [0.05, 0.1) is 0 Å². The fourth-order valence-corrected chi connectivity index (χ4v) is 3.21. The third kappa shape index (κ3) is 3.41. The summed E-state index contributed by atoms with van der Waals surface area (Å²) in [6.45, 7) is 6.22. The van der Waals surface area contributed by atoms with Gasteiger partial charge < -0.3 is 19.5 Å². The summed E-state index contributed by atoms with van der Waals surface area (Å²) in [5.74, 6) is -0.196. The first kappa shape index (κ1) is 16.6. The predicted molar refractivity (Wildman–Crippen MR) is 104 cm³/mol. The summed E-state index contributed by atoms with van der Waals surface area (Å²) in [6.07, 6.45) is 3.67. The number of fused-ring (bicyclic) bond motifs is 1. The highest BCUT2D eigenvalue weighted by atomic mass is 16.1.